The Hall–Kier alpha value is -2.83. The molecule has 4 rings (SSSR count). The Bertz CT molecular complexity index is 765. The Morgan fingerprint density at radius 2 is 2.04 bits per heavy atom. The molecule has 0 radical (unpaired) electrons. The molecular weight excluding hydrogens is 322 g/mol. The molecule has 0 bridgehead atoms. The van der Waals surface area contributed by atoms with Crippen LogP contribution in [0.25, 0.3) is 0 Å². The van der Waals surface area contributed by atoms with Gasteiger partial charge in [-0.15, -0.1) is 5.10 Å². The van der Waals surface area contributed by atoms with Crippen LogP contribution in [0.3, 0.4) is 0 Å². The third-order valence-electron chi connectivity index (χ3n) is 4.30. The summed E-state index contributed by atoms with van der Waals surface area (Å²) in [5.74, 6) is 1.69. The predicted molar refractivity (Wildman–Crippen MR) is 88.7 cm³/mol. The highest BCUT2D eigenvalue weighted by Crippen LogP contribution is 2.31. The van der Waals surface area contributed by atoms with E-state index in [0.717, 1.165) is 12.1 Å². The standard InChI is InChI=1S/C18H19N3O4/c1-12-6-7-17(20-19-12)24-13-8-9-21(10-13)18(22)16-11-23-14-4-2-3-5-15(14)25-16/h2-7,13,16H,8-11H2,1H3/t13-,16-/m0/s1. The SMILES string of the molecule is Cc1ccc(O[C@H]2CCN(C(=O)[C@@H]3COc4ccccc4O3)C2)nn1. The second-order valence-corrected chi connectivity index (χ2v) is 6.19. The first-order chi connectivity index (χ1) is 12.2. The maximum atomic E-state index is 12.7. The van der Waals surface area contributed by atoms with Crippen molar-refractivity contribution in [1.82, 2.24) is 15.1 Å². The molecule has 0 N–H and O–H groups in total. The van der Waals surface area contributed by atoms with Gasteiger partial charge in [0.2, 0.25) is 12.0 Å². The molecule has 1 aromatic carbocycles. The number of carbonyl (C=O) groups is 1. The van der Waals surface area contributed by atoms with Crippen LogP contribution in [0.15, 0.2) is 36.4 Å². The number of aromatic nitrogens is 2. The molecular formula is C18H19N3O4. The second-order valence-electron chi connectivity index (χ2n) is 6.19. The number of carbonyl (C=O) groups excluding carboxylic acids is 1. The third kappa shape index (κ3) is 3.35. The summed E-state index contributed by atoms with van der Waals surface area (Å²) >= 11 is 0. The second kappa shape index (κ2) is 6.58. The molecule has 2 aliphatic rings. The molecule has 1 aromatic heterocycles. The lowest BCUT2D eigenvalue weighted by molar-refractivity contribution is -0.140. The van der Waals surface area contributed by atoms with Crippen molar-refractivity contribution in [2.24, 2.45) is 0 Å². The first-order valence-electron chi connectivity index (χ1n) is 8.33. The van der Waals surface area contributed by atoms with Gasteiger partial charge < -0.3 is 19.1 Å². The van der Waals surface area contributed by atoms with Crippen molar-refractivity contribution in [2.45, 2.75) is 25.6 Å². The van der Waals surface area contributed by atoms with E-state index in [0.29, 0.717) is 30.5 Å². The summed E-state index contributed by atoms with van der Waals surface area (Å²) < 4.78 is 17.2. The summed E-state index contributed by atoms with van der Waals surface area (Å²) in [4.78, 5) is 14.4. The fourth-order valence-electron chi connectivity index (χ4n) is 2.99. The van der Waals surface area contributed by atoms with E-state index in [1.165, 1.54) is 0 Å². The Morgan fingerprint density at radius 3 is 2.84 bits per heavy atom. The summed E-state index contributed by atoms with van der Waals surface area (Å²) in [7, 11) is 0. The van der Waals surface area contributed by atoms with E-state index in [2.05, 4.69) is 10.2 Å². The van der Waals surface area contributed by atoms with Gasteiger partial charge in [-0.2, -0.15) is 5.10 Å². The molecule has 2 aromatic rings. The molecule has 1 amide bonds. The molecule has 2 aliphatic heterocycles. The fraction of sp³-hybridized carbons (Fsp3) is 0.389. The van der Waals surface area contributed by atoms with Crippen LogP contribution in [0.5, 0.6) is 17.4 Å². The van der Waals surface area contributed by atoms with E-state index in [1.807, 2.05) is 31.2 Å². The topological polar surface area (TPSA) is 73.8 Å². The maximum Gasteiger partial charge on any atom is 0.267 e. The van der Waals surface area contributed by atoms with Crippen LogP contribution >= 0.6 is 0 Å². The van der Waals surface area contributed by atoms with Gasteiger partial charge in [0.1, 0.15) is 12.7 Å². The Labute approximate surface area is 145 Å². The number of nitrogens with zero attached hydrogens (tertiary/aromatic N) is 3. The van der Waals surface area contributed by atoms with Crippen LogP contribution in [-0.4, -0.2) is 52.9 Å². The maximum absolute atomic E-state index is 12.7. The monoisotopic (exact) mass is 341 g/mol. The van der Waals surface area contributed by atoms with Gasteiger partial charge in [0.25, 0.3) is 5.91 Å². The van der Waals surface area contributed by atoms with E-state index in [9.17, 15) is 4.79 Å². The lowest BCUT2D eigenvalue weighted by atomic mass is 10.2. The first-order valence-corrected chi connectivity index (χ1v) is 8.33. The highest BCUT2D eigenvalue weighted by molar-refractivity contribution is 5.82. The molecule has 0 unspecified atom stereocenters. The minimum atomic E-state index is -0.618. The number of rotatable bonds is 3. The molecule has 7 nitrogen and oxygen atoms in total. The lowest BCUT2D eigenvalue weighted by Crippen LogP contribution is -2.46. The molecule has 1 fully saturated rings. The number of hydrogen-bond donors (Lipinski definition) is 0. The van der Waals surface area contributed by atoms with Crippen LogP contribution in [0, 0.1) is 6.92 Å². The quantitative estimate of drug-likeness (QED) is 0.844. The summed E-state index contributed by atoms with van der Waals surface area (Å²) in [6, 6.07) is 11.0. The number of aryl methyl sites for hydroxylation is 1. The number of ether oxygens (including phenoxy) is 3. The van der Waals surface area contributed by atoms with Gasteiger partial charge in [0.15, 0.2) is 11.5 Å². The minimum Gasteiger partial charge on any atom is -0.485 e. The van der Waals surface area contributed by atoms with Gasteiger partial charge in [-0.3, -0.25) is 4.79 Å². The molecule has 1 saturated heterocycles. The zero-order chi connectivity index (χ0) is 17.2. The van der Waals surface area contributed by atoms with E-state index in [4.69, 9.17) is 14.2 Å². The van der Waals surface area contributed by atoms with Gasteiger partial charge in [-0.25, -0.2) is 0 Å². The van der Waals surface area contributed by atoms with Crippen LogP contribution in [0.2, 0.25) is 0 Å². The normalized spacial score (nSPS) is 21.9. The predicted octanol–water partition coefficient (Wildman–Crippen LogP) is 1.60. The third-order valence-corrected chi connectivity index (χ3v) is 4.30. The van der Waals surface area contributed by atoms with Crippen molar-refractivity contribution in [3.63, 3.8) is 0 Å². The molecule has 7 heteroatoms. The van der Waals surface area contributed by atoms with Crippen molar-refractivity contribution in [3.8, 4) is 17.4 Å². The van der Waals surface area contributed by atoms with E-state index in [-0.39, 0.29) is 18.6 Å². The van der Waals surface area contributed by atoms with Crippen LogP contribution in [0.4, 0.5) is 0 Å². The highest BCUT2D eigenvalue weighted by atomic mass is 16.6. The molecule has 0 spiro atoms. The van der Waals surface area contributed by atoms with Crippen molar-refractivity contribution in [2.75, 3.05) is 19.7 Å². The van der Waals surface area contributed by atoms with E-state index < -0.39 is 6.10 Å². The smallest absolute Gasteiger partial charge is 0.267 e. The fourth-order valence-corrected chi connectivity index (χ4v) is 2.99. The first kappa shape index (κ1) is 15.7. The van der Waals surface area contributed by atoms with Gasteiger partial charge in [0, 0.05) is 19.0 Å². The van der Waals surface area contributed by atoms with Crippen LogP contribution < -0.4 is 14.2 Å². The van der Waals surface area contributed by atoms with Gasteiger partial charge in [-0.05, 0) is 25.1 Å². The number of likely N-dealkylation sites (tertiary alicyclic amines) is 1. The average Bonchev–Trinajstić information content (AvgIpc) is 3.11. The summed E-state index contributed by atoms with van der Waals surface area (Å²) in [6.45, 7) is 3.23. The molecule has 0 saturated carbocycles. The minimum absolute atomic E-state index is 0.0735. The summed E-state index contributed by atoms with van der Waals surface area (Å²) in [6.07, 6.45) is 0.0522. The largest absolute Gasteiger partial charge is 0.485 e. The number of hydrogen-bond acceptors (Lipinski definition) is 6. The number of para-hydroxylation sites is 2. The number of fused-ring (bicyclic) bond motifs is 1. The zero-order valence-electron chi connectivity index (χ0n) is 13.9. The average molecular weight is 341 g/mol. The molecule has 25 heavy (non-hydrogen) atoms. The van der Waals surface area contributed by atoms with Crippen LogP contribution in [-0.2, 0) is 4.79 Å². The lowest BCUT2D eigenvalue weighted by Gasteiger charge is -2.28. The van der Waals surface area contributed by atoms with Crippen molar-refractivity contribution >= 4 is 5.91 Å². The van der Waals surface area contributed by atoms with Crippen molar-refractivity contribution in [1.29, 1.82) is 0 Å². The molecule has 2 atom stereocenters. The van der Waals surface area contributed by atoms with Crippen LogP contribution in [0.1, 0.15) is 12.1 Å². The molecule has 0 aliphatic carbocycles. The Kier molecular flexibility index (Phi) is 4.13. The van der Waals surface area contributed by atoms with Crippen molar-refractivity contribution < 1.29 is 19.0 Å². The van der Waals surface area contributed by atoms with Crippen molar-refractivity contribution in [3.05, 3.63) is 42.1 Å². The molecule has 130 valence electrons. The van der Waals surface area contributed by atoms with E-state index in [1.54, 1.807) is 17.0 Å². The summed E-state index contributed by atoms with van der Waals surface area (Å²) in [5.41, 5.74) is 0.838. The highest BCUT2D eigenvalue weighted by Gasteiger charge is 2.35. The van der Waals surface area contributed by atoms with E-state index >= 15 is 0 Å². The van der Waals surface area contributed by atoms with Gasteiger partial charge in [0.05, 0.1) is 12.2 Å². The van der Waals surface area contributed by atoms with Gasteiger partial charge >= 0.3 is 0 Å². The Morgan fingerprint density at radius 1 is 1.20 bits per heavy atom. The Balaban J connectivity index is 1.35. The van der Waals surface area contributed by atoms with Gasteiger partial charge in [-0.1, -0.05) is 12.1 Å². The number of benzene rings is 1. The summed E-state index contributed by atoms with van der Waals surface area (Å²) in [5, 5.41) is 7.98. The number of amides is 1. The molecule has 3 heterocycles. The zero-order valence-corrected chi connectivity index (χ0v) is 13.9.